The number of rotatable bonds is 4. The van der Waals surface area contributed by atoms with Gasteiger partial charge >= 0.3 is 0 Å². The number of nitrogen functional groups attached to an aromatic ring is 1. The highest BCUT2D eigenvalue weighted by Gasteiger charge is 2.22. The summed E-state index contributed by atoms with van der Waals surface area (Å²) in [5.41, 5.74) is 10.7. The second-order valence-corrected chi connectivity index (χ2v) is 3.50. The van der Waals surface area contributed by atoms with Crippen LogP contribution in [0.25, 0.3) is 0 Å². The fourth-order valence-electron chi connectivity index (χ4n) is 1.33. The third-order valence-electron chi connectivity index (χ3n) is 2.15. The van der Waals surface area contributed by atoms with Crippen LogP contribution >= 0.6 is 0 Å². The van der Waals surface area contributed by atoms with E-state index in [1.54, 1.807) is 0 Å². The minimum absolute atomic E-state index is 0.0637. The van der Waals surface area contributed by atoms with Crippen LogP contribution in [0.4, 0.5) is 5.69 Å². The average molecular weight is 226 g/mol. The Bertz CT molecular complexity index is 394. The summed E-state index contributed by atoms with van der Waals surface area (Å²) in [6.07, 6.45) is -3.17. The number of aromatic hydroxyl groups is 1. The highest BCUT2D eigenvalue weighted by atomic mass is 16.3. The lowest BCUT2D eigenvalue weighted by molar-refractivity contribution is -0.121. The van der Waals surface area contributed by atoms with Crippen LogP contribution in [-0.2, 0) is 4.79 Å². The van der Waals surface area contributed by atoms with Crippen LogP contribution in [0.2, 0.25) is 0 Å². The number of primary amides is 1. The lowest BCUT2D eigenvalue weighted by Crippen LogP contribution is -2.25. The molecule has 7 N–H and O–H groups in total. The van der Waals surface area contributed by atoms with E-state index in [9.17, 15) is 20.1 Å². The number of phenolic OH excluding ortho intramolecular Hbond substituents is 1. The lowest BCUT2D eigenvalue weighted by Gasteiger charge is -2.18. The quantitative estimate of drug-likeness (QED) is 0.340. The van der Waals surface area contributed by atoms with Crippen LogP contribution in [0.15, 0.2) is 18.2 Å². The number of amides is 1. The highest BCUT2D eigenvalue weighted by molar-refractivity contribution is 5.74. The summed E-state index contributed by atoms with van der Waals surface area (Å²) in [5.74, 6) is -0.944. The predicted molar refractivity (Wildman–Crippen MR) is 57.3 cm³/mol. The Kier molecular flexibility index (Phi) is 3.70. The molecule has 16 heavy (non-hydrogen) atoms. The third kappa shape index (κ3) is 2.85. The fourth-order valence-corrected chi connectivity index (χ4v) is 1.33. The molecule has 2 unspecified atom stereocenters. The summed E-state index contributed by atoms with van der Waals surface area (Å²) in [5, 5.41) is 28.6. The molecule has 0 heterocycles. The van der Waals surface area contributed by atoms with E-state index < -0.39 is 24.5 Å². The molecule has 1 aromatic carbocycles. The minimum atomic E-state index is -1.41. The van der Waals surface area contributed by atoms with Gasteiger partial charge in [-0.3, -0.25) is 4.79 Å². The Hall–Kier alpha value is -1.79. The van der Waals surface area contributed by atoms with Crippen molar-refractivity contribution in [2.45, 2.75) is 18.6 Å². The lowest BCUT2D eigenvalue weighted by atomic mass is 10.0. The topological polar surface area (TPSA) is 130 Å². The van der Waals surface area contributed by atoms with E-state index in [1.165, 1.54) is 18.2 Å². The predicted octanol–water partition coefficient (Wildman–Crippen LogP) is -0.756. The van der Waals surface area contributed by atoms with E-state index >= 15 is 0 Å². The number of hydrogen-bond acceptors (Lipinski definition) is 5. The zero-order chi connectivity index (χ0) is 12.3. The Morgan fingerprint density at radius 1 is 1.38 bits per heavy atom. The maximum atomic E-state index is 10.6. The number of benzene rings is 1. The van der Waals surface area contributed by atoms with Gasteiger partial charge in [0.25, 0.3) is 0 Å². The zero-order valence-corrected chi connectivity index (χ0v) is 8.50. The minimum Gasteiger partial charge on any atom is -0.508 e. The van der Waals surface area contributed by atoms with Gasteiger partial charge in [0, 0.05) is 11.3 Å². The van der Waals surface area contributed by atoms with Crippen molar-refractivity contribution in [1.29, 1.82) is 0 Å². The van der Waals surface area contributed by atoms with Crippen molar-refractivity contribution < 1.29 is 20.1 Å². The molecule has 0 saturated carbocycles. The van der Waals surface area contributed by atoms with E-state index in [0.29, 0.717) is 5.69 Å². The van der Waals surface area contributed by atoms with Crippen LogP contribution in [0.3, 0.4) is 0 Å². The molecule has 1 aromatic rings. The van der Waals surface area contributed by atoms with E-state index in [1.807, 2.05) is 0 Å². The molecule has 0 aliphatic carbocycles. The van der Waals surface area contributed by atoms with Crippen molar-refractivity contribution in [2.75, 3.05) is 5.73 Å². The summed E-state index contributed by atoms with van der Waals surface area (Å²) >= 11 is 0. The number of aliphatic hydroxyl groups excluding tert-OH is 2. The van der Waals surface area contributed by atoms with Gasteiger partial charge in [0.15, 0.2) is 0 Å². The number of hydrogen-bond donors (Lipinski definition) is 5. The molecule has 0 spiro atoms. The van der Waals surface area contributed by atoms with Gasteiger partial charge in [0.2, 0.25) is 5.91 Å². The first-order valence-electron chi connectivity index (χ1n) is 4.64. The summed E-state index contributed by atoms with van der Waals surface area (Å²) in [6.45, 7) is 0. The summed E-state index contributed by atoms with van der Waals surface area (Å²) in [7, 11) is 0. The third-order valence-corrected chi connectivity index (χ3v) is 2.15. The molecule has 1 amide bonds. The Morgan fingerprint density at radius 2 is 2.00 bits per heavy atom. The summed E-state index contributed by atoms with van der Waals surface area (Å²) < 4.78 is 0. The molecular weight excluding hydrogens is 212 g/mol. The Morgan fingerprint density at radius 3 is 2.56 bits per heavy atom. The van der Waals surface area contributed by atoms with Gasteiger partial charge < -0.3 is 26.8 Å². The fraction of sp³-hybridized carbons (Fsp3) is 0.300. The van der Waals surface area contributed by atoms with Gasteiger partial charge in [-0.15, -0.1) is 0 Å². The number of anilines is 1. The first-order chi connectivity index (χ1) is 7.41. The van der Waals surface area contributed by atoms with Crippen molar-refractivity contribution in [1.82, 2.24) is 0 Å². The van der Waals surface area contributed by atoms with E-state index in [0.717, 1.165) is 0 Å². The van der Waals surface area contributed by atoms with Crippen LogP contribution in [-0.4, -0.2) is 27.3 Å². The number of aliphatic hydroxyl groups is 2. The maximum Gasteiger partial charge on any atom is 0.220 e. The molecule has 0 aliphatic heterocycles. The van der Waals surface area contributed by atoms with Gasteiger partial charge in [0.1, 0.15) is 11.9 Å². The number of nitrogens with two attached hydrogens (primary N) is 2. The first-order valence-corrected chi connectivity index (χ1v) is 4.64. The number of carbonyl (C=O) groups is 1. The second kappa shape index (κ2) is 4.82. The molecule has 2 atom stereocenters. The molecule has 0 saturated heterocycles. The van der Waals surface area contributed by atoms with E-state index in [-0.39, 0.29) is 11.3 Å². The largest absolute Gasteiger partial charge is 0.508 e. The van der Waals surface area contributed by atoms with Crippen molar-refractivity contribution in [3.63, 3.8) is 0 Å². The molecule has 1 rings (SSSR count). The number of phenols is 1. The SMILES string of the molecule is NC(=O)CC(O)C(O)c1cc(N)ccc1O. The smallest absolute Gasteiger partial charge is 0.220 e. The van der Waals surface area contributed by atoms with Gasteiger partial charge in [-0.25, -0.2) is 0 Å². The van der Waals surface area contributed by atoms with Crippen molar-refractivity contribution >= 4 is 11.6 Å². The molecule has 0 aliphatic rings. The van der Waals surface area contributed by atoms with Gasteiger partial charge in [0.05, 0.1) is 12.5 Å². The van der Waals surface area contributed by atoms with Gasteiger partial charge in [-0.05, 0) is 18.2 Å². The monoisotopic (exact) mass is 226 g/mol. The molecule has 0 aromatic heterocycles. The van der Waals surface area contributed by atoms with Crippen molar-refractivity contribution in [3.8, 4) is 5.75 Å². The maximum absolute atomic E-state index is 10.6. The van der Waals surface area contributed by atoms with Crippen molar-refractivity contribution in [3.05, 3.63) is 23.8 Å². The molecule has 0 fully saturated rings. The zero-order valence-electron chi connectivity index (χ0n) is 8.50. The highest BCUT2D eigenvalue weighted by Crippen LogP contribution is 2.29. The van der Waals surface area contributed by atoms with Gasteiger partial charge in [-0.2, -0.15) is 0 Å². The first kappa shape index (κ1) is 12.3. The van der Waals surface area contributed by atoms with Crippen LogP contribution in [0.5, 0.6) is 5.75 Å². The second-order valence-electron chi connectivity index (χ2n) is 3.50. The van der Waals surface area contributed by atoms with E-state index in [2.05, 4.69) is 0 Å². The Balaban J connectivity index is 2.90. The van der Waals surface area contributed by atoms with Crippen LogP contribution in [0.1, 0.15) is 18.1 Å². The average Bonchev–Trinajstić information content (AvgIpc) is 2.19. The summed E-state index contributed by atoms with van der Waals surface area (Å²) in [4.78, 5) is 10.6. The molecule has 6 heteroatoms. The van der Waals surface area contributed by atoms with Gasteiger partial charge in [-0.1, -0.05) is 0 Å². The van der Waals surface area contributed by atoms with Crippen molar-refractivity contribution in [2.24, 2.45) is 5.73 Å². The van der Waals surface area contributed by atoms with Crippen LogP contribution < -0.4 is 11.5 Å². The molecule has 0 radical (unpaired) electrons. The van der Waals surface area contributed by atoms with E-state index in [4.69, 9.17) is 11.5 Å². The number of carbonyl (C=O) groups excluding carboxylic acids is 1. The standard InChI is InChI=1S/C10H14N2O4/c11-5-1-2-7(13)6(3-5)10(16)8(14)4-9(12)15/h1-3,8,10,13-14,16H,4,11H2,(H2,12,15). The normalized spacial score (nSPS) is 14.4. The molecule has 6 nitrogen and oxygen atoms in total. The molecular formula is C10H14N2O4. The van der Waals surface area contributed by atoms with Crippen LogP contribution in [0, 0.1) is 0 Å². The Labute approximate surface area is 92.1 Å². The molecule has 88 valence electrons. The molecule has 0 bridgehead atoms. The summed E-state index contributed by atoms with van der Waals surface area (Å²) in [6, 6.07) is 4.07.